The predicted octanol–water partition coefficient (Wildman–Crippen LogP) is 1.92. The molecule has 0 spiro atoms. The maximum Gasteiger partial charge on any atom is 0.224 e. The van der Waals surface area contributed by atoms with Crippen molar-refractivity contribution in [3.63, 3.8) is 0 Å². The second-order valence-corrected chi connectivity index (χ2v) is 4.69. The molecule has 1 aliphatic rings. The molecular weight excluding hydrogens is 190 g/mol. The summed E-state index contributed by atoms with van der Waals surface area (Å²) in [4.78, 5) is 13.8. The Morgan fingerprint density at radius 1 is 1.33 bits per heavy atom. The lowest BCUT2D eigenvalue weighted by molar-refractivity contribution is -0.135. The summed E-state index contributed by atoms with van der Waals surface area (Å²) in [6, 6.07) is 0. The van der Waals surface area contributed by atoms with E-state index in [4.69, 9.17) is 4.74 Å². The van der Waals surface area contributed by atoms with Crippen LogP contribution in [0.1, 0.15) is 33.6 Å². The Bertz CT molecular complexity index is 196. The molecule has 1 amide bonds. The van der Waals surface area contributed by atoms with E-state index in [1.165, 1.54) is 6.42 Å². The monoisotopic (exact) mass is 213 g/mol. The van der Waals surface area contributed by atoms with Crippen molar-refractivity contribution in [2.75, 3.05) is 26.3 Å². The molecule has 1 rings (SSSR count). The molecule has 0 aromatic carbocycles. The number of hydrogen-bond acceptors (Lipinski definition) is 2. The maximum atomic E-state index is 11.8. The Morgan fingerprint density at radius 3 is 2.47 bits per heavy atom. The van der Waals surface area contributed by atoms with Gasteiger partial charge in [-0.2, -0.15) is 0 Å². The first-order valence-corrected chi connectivity index (χ1v) is 5.99. The zero-order valence-corrected chi connectivity index (χ0v) is 10.2. The van der Waals surface area contributed by atoms with Gasteiger partial charge in [-0.3, -0.25) is 4.79 Å². The van der Waals surface area contributed by atoms with Gasteiger partial charge in [-0.25, -0.2) is 0 Å². The van der Waals surface area contributed by atoms with E-state index in [1.807, 2.05) is 11.8 Å². The molecule has 0 aliphatic carbocycles. The van der Waals surface area contributed by atoms with E-state index >= 15 is 0 Å². The highest BCUT2D eigenvalue weighted by Crippen LogP contribution is 2.21. The Labute approximate surface area is 92.8 Å². The molecule has 3 nitrogen and oxygen atoms in total. The van der Waals surface area contributed by atoms with Crippen LogP contribution in [0, 0.1) is 11.8 Å². The van der Waals surface area contributed by atoms with Crippen molar-refractivity contribution < 1.29 is 9.53 Å². The number of likely N-dealkylation sites (tertiary alicyclic amines) is 1. The van der Waals surface area contributed by atoms with Crippen LogP contribution >= 0.6 is 0 Å². The molecule has 1 fully saturated rings. The molecule has 88 valence electrons. The highest BCUT2D eigenvalue weighted by atomic mass is 16.5. The number of carbonyl (C=O) groups excluding carboxylic acids is 1. The number of nitrogens with zero attached hydrogens (tertiary/aromatic N) is 1. The highest BCUT2D eigenvalue weighted by molar-refractivity contribution is 5.76. The average Bonchev–Trinajstić information content (AvgIpc) is 2.16. The molecule has 0 N–H and O–H groups in total. The molecule has 1 saturated heterocycles. The summed E-state index contributed by atoms with van der Waals surface area (Å²) in [7, 11) is 0. The van der Waals surface area contributed by atoms with Crippen molar-refractivity contribution >= 4 is 5.91 Å². The minimum absolute atomic E-state index is 0.252. The molecule has 3 heteroatoms. The molecule has 1 aliphatic heterocycles. The third kappa shape index (κ3) is 4.20. The third-order valence-electron chi connectivity index (χ3n) is 2.89. The van der Waals surface area contributed by atoms with Crippen LogP contribution in [0.3, 0.4) is 0 Å². The fraction of sp³-hybridized carbons (Fsp3) is 0.917. The number of piperidine rings is 1. The molecule has 2 unspecified atom stereocenters. The topological polar surface area (TPSA) is 29.5 Å². The van der Waals surface area contributed by atoms with Crippen LogP contribution in [-0.4, -0.2) is 37.1 Å². The van der Waals surface area contributed by atoms with Crippen LogP contribution in [0.4, 0.5) is 0 Å². The van der Waals surface area contributed by atoms with Crippen LogP contribution < -0.4 is 0 Å². The molecule has 0 aromatic rings. The second kappa shape index (κ2) is 6.11. The van der Waals surface area contributed by atoms with Gasteiger partial charge in [0.05, 0.1) is 13.0 Å². The Balaban J connectivity index is 2.31. The number of amides is 1. The lowest BCUT2D eigenvalue weighted by Gasteiger charge is -2.35. The van der Waals surface area contributed by atoms with E-state index in [-0.39, 0.29) is 5.91 Å². The van der Waals surface area contributed by atoms with Crippen LogP contribution in [0.5, 0.6) is 0 Å². The van der Waals surface area contributed by atoms with Crippen molar-refractivity contribution in [2.45, 2.75) is 33.6 Å². The summed E-state index contributed by atoms with van der Waals surface area (Å²) < 4.78 is 5.20. The first-order valence-electron chi connectivity index (χ1n) is 5.99. The van der Waals surface area contributed by atoms with E-state index in [1.54, 1.807) is 0 Å². The average molecular weight is 213 g/mol. The second-order valence-electron chi connectivity index (χ2n) is 4.69. The van der Waals surface area contributed by atoms with Gasteiger partial charge in [0.2, 0.25) is 5.91 Å². The summed E-state index contributed by atoms with van der Waals surface area (Å²) >= 11 is 0. The van der Waals surface area contributed by atoms with Gasteiger partial charge >= 0.3 is 0 Å². The van der Waals surface area contributed by atoms with Crippen LogP contribution in [0.2, 0.25) is 0 Å². The molecule has 0 bridgehead atoms. The van der Waals surface area contributed by atoms with E-state index in [0.717, 1.165) is 13.1 Å². The smallest absolute Gasteiger partial charge is 0.224 e. The number of carbonyl (C=O) groups is 1. The first-order chi connectivity index (χ1) is 7.13. The van der Waals surface area contributed by atoms with Crippen molar-refractivity contribution in [3.05, 3.63) is 0 Å². The van der Waals surface area contributed by atoms with E-state index in [2.05, 4.69) is 13.8 Å². The molecule has 2 atom stereocenters. The van der Waals surface area contributed by atoms with Crippen molar-refractivity contribution in [3.8, 4) is 0 Å². The van der Waals surface area contributed by atoms with Gasteiger partial charge in [0, 0.05) is 19.7 Å². The van der Waals surface area contributed by atoms with Crippen LogP contribution in [0.25, 0.3) is 0 Å². The fourth-order valence-electron chi connectivity index (χ4n) is 2.33. The summed E-state index contributed by atoms with van der Waals surface area (Å²) in [5.41, 5.74) is 0. The Kier molecular flexibility index (Phi) is 5.09. The van der Waals surface area contributed by atoms with Gasteiger partial charge < -0.3 is 9.64 Å². The standard InChI is InChI=1S/C12H23NO2/c1-4-15-6-5-12(14)13-8-10(2)7-11(3)9-13/h10-11H,4-9H2,1-3H3. The van der Waals surface area contributed by atoms with E-state index < -0.39 is 0 Å². The van der Waals surface area contributed by atoms with Gasteiger partial charge in [-0.15, -0.1) is 0 Å². The SMILES string of the molecule is CCOCCC(=O)N1CC(C)CC(C)C1. The van der Waals surface area contributed by atoms with Gasteiger partial charge in [0.25, 0.3) is 0 Å². The van der Waals surface area contributed by atoms with Crippen LogP contribution in [0.15, 0.2) is 0 Å². The molecule has 1 heterocycles. The predicted molar refractivity (Wildman–Crippen MR) is 60.6 cm³/mol. The molecular formula is C12H23NO2. The number of rotatable bonds is 4. The van der Waals surface area contributed by atoms with Crippen LogP contribution in [-0.2, 0) is 9.53 Å². The summed E-state index contributed by atoms with van der Waals surface area (Å²) in [5.74, 6) is 1.54. The lowest BCUT2D eigenvalue weighted by atomic mass is 9.92. The third-order valence-corrected chi connectivity index (χ3v) is 2.89. The highest BCUT2D eigenvalue weighted by Gasteiger charge is 2.24. The molecule has 15 heavy (non-hydrogen) atoms. The lowest BCUT2D eigenvalue weighted by Crippen LogP contribution is -2.42. The van der Waals surface area contributed by atoms with E-state index in [9.17, 15) is 4.79 Å². The summed E-state index contributed by atoms with van der Waals surface area (Å²) in [6.45, 7) is 9.51. The largest absolute Gasteiger partial charge is 0.381 e. The zero-order chi connectivity index (χ0) is 11.3. The van der Waals surface area contributed by atoms with Gasteiger partial charge in [0.15, 0.2) is 0 Å². The van der Waals surface area contributed by atoms with Crippen molar-refractivity contribution in [2.24, 2.45) is 11.8 Å². The van der Waals surface area contributed by atoms with E-state index in [0.29, 0.717) is 31.5 Å². The van der Waals surface area contributed by atoms with Crippen molar-refractivity contribution in [1.29, 1.82) is 0 Å². The van der Waals surface area contributed by atoms with Crippen molar-refractivity contribution in [1.82, 2.24) is 4.90 Å². The Morgan fingerprint density at radius 2 is 1.93 bits per heavy atom. The fourth-order valence-corrected chi connectivity index (χ4v) is 2.33. The van der Waals surface area contributed by atoms with Gasteiger partial charge in [-0.05, 0) is 25.2 Å². The Hall–Kier alpha value is -0.570. The summed E-state index contributed by atoms with van der Waals surface area (Å²) in [6.07, 6.45) is 1.78. The minimum Gasteiger partial charge on any atom is -0.381 e. The summed E-state index contributed by atoms with van der Waals surface area (Å²) in [5, 5.41) is 0. The number of ether oxygens (including phenoxy) is 1. The molecule has 0 aromatic heterocycles. The number of hydrogen-bond donors (Lipinski definition) is 0. The quantitative estimate of drug-likeness (QED) is 0.668. The van der Waals surface area contributed by atoms with Gasteiger partial charge in [0.1, 0.15) is 0 Å². The first kappa shape index (κ1) is 12.5. The maximum absolute atomic E-state index is 11.8. The molecule has 0 radical (unpaired) electrons. The zero-order valence-electron chi connectivity index (χ0n) is 10.2. The minimum atomic E-state index is 0.252. The normalized spacial score (nSPS) is 26.7. The van der Waals surface area contributed by atoms with Gasteiger partial charge in [-0.1, -0.05) is 13.8 Å². The molecule has 0 saturated carbocycles.